The first kappa shape index (κ1) is 10.3. The number of amides is 2. The molecule has 1 fully saturated rings. The first-order chi connectivity index (χ1) is 6.22. The largest absolute Gasteiger partial charge is 0.394 e. The monoisotopic (exact) mass is 188 g/mol. The Labute approximate surface area is 77.5 Å². The Kier molecular flexibility index (Phi) is 3.98. The van der Waals surface area contributed by atoms with Gasteiger partial charge in [0, 0.05) is 6.61 Å². The van der Waals surface area contributed by atoms with E-state index in [0.717, 1.165) is 6.42 Å². The van der Waals surface area contributed by atoms with Crippen LogP contribution in [0.3, 0.4) is 0 Å². The molecule has 2 amide bonds. The summed E-state index contributed by atoms with van der Waals surface area (Å²) in [6.07, 6.45) is 0.862. The van der Waals surface area contributed by atoms with Crippen molar-refractivity contribution in [1.29, 1.82) is 0 Å². The third-order valence-corrected chi connectivity index (χ3v) is 1.92. The number of aliphatic hydroxyl groups is 1. The number of aliphatic hydroxyl groups excluding tert-OH is 1. The number of carbonyl (C=O) groups excluding carboxylic acids is 1. The van der Waals surface area contributed by atoms with Crippen molar-refractivity contribution in [1.82, 2.24) is 10.6 Å². The zero-order valence-electron chi connectivity index (χ0n) is 7.75. The zero-order chi connectivity index (χ0) is 9.68. The average molecular weight is 188 g/mol. The van der Waals surface area contributed by atoms with Gasteiger partial charge in [-0.2, -0.15) is 0 Å². The van der Waals surface area contributed by atoms with Crippen LogP contribution in [0.25, 0.3) is 0 Å². The van der Waals surface area contributed by atoms with E-state index in [2.05, 4.69) is 10.6 Å². The molecule has 0 aliphatic carbocycles. The Balaban J connectivity index is 2.16. The molecule has 5 nitrogen and oxygen atoms in total. The predicted molar refractivity (Wildman–Crippen MR) is 47.4 cm³/mol. The van der Waals surface area contributed by atoms with Gasteiger partial charge < -0.3 is 20.5 Å². The summed E-state index contributed by atoms with van der Waals surface area (Å²) in [6.45, 7) is 2.99. The maximum atomic E-state index is 11.2. The highest BCUT2D eigenvalue weighted by Gasteiger charge is 2.17. The van der Waals surface area contributed by atoms with E-state index in [9.17, 15) is 4.79 Å². The molecular weight excluding hydrogens is 172 g/mol. The van der Waals surface area contributed by atoms with Crippen molar-refractivity contribution in [2.45, 2.75) is 25.4 Å². The standard InChI is InChI=1S/C8H16N2O3/c1-6(4-11)9-8(12)10-7-2-3-13-5-7/h6-7,11H,2-5H2,1H3,(H2,9,10,12)/t6-,7?/m0/s1. The first-order valence-corrected chi connectivity index (χ1v) is 4.48. The van der Waals surface area contributed by atoms with Crippen LogP contribution in [0.1, 0.15) is 13.3 Å². The second-order valence-electron chi connectivity index (χ2n) is 3.26. The van der Waals surface area contributed by atoms with Crippen molar-refractivity contribution in [2.24, 2.45) is 0 Å². The van der Waals surface area contributed by atoms with Crippen LogP contribution in [-0.4, -0.2) is 43.0 Å². The summed E-state index contributed by atoms with van der Waals surface area (Å²) in [5.41, 5.74) is 0. The summed E-state index contributed by atoms with van der Waals surface area (Å²) in [5, 5.41) is 14.0. The second-order valence-corrected chi connectivity index (χ2v) is 3.26. The molecular formula is C8H16N2O3. The molecule has 1 unspecified atom stereocenters. The van der Waals surface area contributed by atoms with Gasteiger partial charge in [-0.05, 0) is 13.3 Å². The maximum Gasteiger partial charge on any atom is 0.315 e. The van der Waals surface area contributed by atoms with Crippen molar-refractivity contribution < 1.29 is 14.6 Å². The highest BCUT2D eigenvalue weighted by atomic mass is 16.5. The molecule has 0 bridgehead atoms. The third-order valence-electron chi connectivity index (χ3n) is 1.92. The van der Waals surface area contributed by atoms with Gasteiger partial charge in [-0.25, -0.2) is 4.79 Å². The van der Waals surface area contributed by atoms with E-state index in [1.165, 1.54) is 0 Å². The number of nitrogens with one attached hydrogen (secondary N) is 2. The Bertz CT molecular complexity index is 169. The van der Waals surface area contributed by atoms with Crippen LogP contribution in [-0.2, 0) is 4.74 Å². The molecule has 3 N–H and O–H groups in total. The van der Waals surface area contributed by atoms with E-state index >= 15 is 0 Å². The molecule has 1 heterocycles. The minimum Gasteiger partial charge on any atom is -0.394 e. The molecule has 0 saturated carbocycles. The Morgan fingerprint density at radius 3 is 3.08 bits per heavy atom. The minimum atomic E-state index is -0.239. The molecule has 1 aliphatic heterocycles. The smallest absolute Gasteiger partial charge is 0.315 e. The fourth-order valence-electron chi connectivity index (χ4n) is 1.14. The number of hydrogen-bond acceptors (Lipinski definition) is 3. The molecule has 1 saturated heterocycles. The van der Waals surface area contributed by atoms with Crippen LogP contribution in [0.5, 0.6) is 0 Å². The molecule has 0 radical (unpaired) electrons. The summed E-state index contributed by atoms with van der Waals surface area (Å²) in [7, 11) is 0. The highest BCUT2D eigenvalue weighted by Crippen LogP contribution is 2.02. The Morgan fingerprint density at radius 2 is 2.54 bits per heavy atom. The van der Waals surface area contributed by atoms with Crippen molar-refractivity contribution in [3.8, 4) is 0 Å². The van der Waals surface area contributed by atoms with Crippen molar-refractivity contribution in [3.63, 3.8) is 0 Å². The lowest BCUT2D eigenvalue weighted by atomic mass is 10.3. The van der Waals surface area contributed by atoms with Gasteiger partial charge in [-0.15, -0.1) is 0 Å². The van der Waals surface area contributed by atoms with Crippen molar-refractivity contribution in [2.75, 3.05) is 19.8 Å². The van der Waals surface area contributed by atoms with E-state index in [1.807, 2.05) is 0 Å². The van der Waals surface area contributed by atoms with E-state index in [4.69, 9.17) is 9.84 Å². The SMILES string of the molecule is C[C@@H](CO)NC(=O)NC1CCOC1. The number of urea groups is 1. The Hall–Kier alpha value is -0.810. The minimum absolute atomic E-state index is 0.0470. The molecule has 5 heteroatoms. The highest BCUT2D eigenvalue weighted by molar-refractivity contribution is 5.74. The topological polar surface area (TPSA) is 70.6 Å². The number of carbonyl (C=O) groups is 1. The van der Waals surface area contributed by atoms with Gasteiger partial charge in [0.25, 0.3) is 0 Å². The first-order valence-electron chi connectivity index (χ1n) is 4.48. The summed E-state index contributed by atoms with van der Waals surface area (Å²) < 4.78 is 5.10. The van der Waals surface area contributed by atoms with Crippen LogP contribution >= 0.6 is 0 Å². The fourth-order valence-corrected chi connectivity index (χ4v) is 1.14. The van der Waals surface area contributed by atoms with E-state index in [0.29, 0.717) is 13.2 Å². The molecule has 0 aromatic heterocycles. The second kappa shape index (κ2) is 5.04. The van der Waals surface area contributed by atoms with Crippen molar-refractivity contribution >= 4 is 6.03 Å². The zero-order valence-corrected chi connectivity index (χ0v) is 7.75. The lowest BCUT2D eigenvalue weighted by Gasteiger charge is -2.14. The molecule has 1 aliphatic rings. The molecule has 0 aromatic rings. The fraction of sp³-hybridized carbons (Fsp3) is 0.875. The molecule has 1 rings (SSSR count). The molecule has 2 atom stereocenters. The van der Waals surface area contributed by atoms with Gasteiger partial charge >= 0.3 is 6.03 Å². The van der Waals surface area contributed by atoms with Gasteiger partial charge in [-0.1, -0.05) is 0 Å². The van der Waals surface area contributed by atoms with Crippen LogP contribution in [0.4, 0.5) is 4.79 Å². The van der Waals surface area contributed by atoms with Gasteiger partial charge in [0.05, 0.1) is 25.3 Å². The van der Waals surface area contributed by atoms with Crippen LogP contribution in [0.15, 0.2) is 0 Å². The third kappa shape index (κ3) is 3.61. The number of hydrogen-bond donors (Lipinski definition) is 3. The summed E-state index contributed by atoms with van der Waals surface area (Å²) >= 11 is 0. The van der Waals surface area contributed by atoms with Gasteiger partial charge in [0.2, 0.25) is 0 Å². The lowest BCUT2D eigenvalue weighted by Crippen LogP contribution is -2.46. The molecule has 0 aromatic carbocycles. The molecule has 13 heavy (non-hydrogen) atoms. The summed E-state index contributed by atoms with van der Waals surface area (Å²) in [6, 6.07) is -0.328. The van der Waals surface area contributed by atoms with E-state index in [-0.39, 0.29) is 24.7 Å². The van der Waals surface area contributed by atoms with Crippen molar-refractivity contribution in [3.05, 3.63) is 0 Å². The predicted octanol–water partition coefficient (Wildman–Crippen LogP) is -0.545. The average Bonchev–Trinajstić information content (AvgIpc) is 2.56. The van der Waals surface area contributed by atoms with Gasteiger partial charge in [-0.3, -0.25) is 0 Å². The van der Waals surface area contributed by atoms with Gasteiger partial charge in [0.1, 0.15) is 0 Å². The summed E-state index contributed by atoms with van der Waals surface area (Å²) in [5.74, 6) is 0. The van der Waals surface area contributed by atoms with Crippen LogP contribution in [0, 0.1) is 0 Å². The maximum absolute atomic E-state index is 11.2. The molecule has 0 spiro atoms. The number of ether oxygens (including phenoxy) is 1. The van der Waals surface area contributed by atoms with Crippen LogP contribution < -0.4 is 10.6 Å². The quantitative estimate of drug-likeness (QED) is 0.557. The van der Waals surface area contributed by atoms with Gasteiger partial charge in [0.15, 0.2) is 0 Å². The number of rotatable bonds is 3. The molecule has 76 valence electrons. The lowest BCUT2D eigenvalue weighted by molar-refractivity contribution is 0.187. The van der Waals surface area contributed by atoms with E-state index in [1.54, 1.807) is 6.92 Å². The Morgan fingerprint density at radius 1 is 1.77 bits per heavy atom. The van der Waals surface area contributed by atoms with Crippen LogP contribution in [0.2, 0.25) is 0 Å². The normalized spacial score (nSPS) is 24.0. The summed E-state index contributed by atoms with van der Waals surface area (Å²) in [4.78, 5) is 11.2. The van der Waals surface area contributed by atoms with E-state index < -0.39 is 0 Å².